The fraction of sp³-hybridized carbons (Fsp3) is 0.167. The molecule has 2 heterocycles. The Hall–Kier alpha value is -3.47. The Labute approximate surface area is 168 Å². The molecule has 2 aromatic heterocycles. The van der Waals surface area contributed by atoms with Crippen LogP contribution in [0, 0.1) is 12.7 Å². The molecule has 4 aromatic rings. The van der Waals surface area contributed by atoms with Crippen molar-refractivity contribution in [1.82, 2.24) is 9.97 Å². The Balaban J connectivity index is 1.64. The lowest BCUT2D eigenvalue weighted by Crippen LogP contribution is -2.02. The third-order valence-electron chi connectivity index (χ3n) is 4.70. The van der Waals surface area contributed by atoms with E-state index in [4.69, 9.17) is 9.15 Å². The summed E-state index contributed by atoms with van der Waals surface area (Å²) in [6.07, 6.45) is 4.42. The molecule has 29 heavy (non-hydrogen) atoms. The number of para-hydroxylation sites is 1. The Morgan fingerprint density at radius 1 is 1.03 bits per heavy atom. The van der Waals surface area contributed by atoms with Crippen molar-refractivity contribution in [1.29, 1.82) is 0 Å². The zero-order valence-electron chi connectivity index (χ0n) is 16.4. The Morgan fingerprint density at radius 3 is 2.62 bits per heavy atom. The van der Waals surface area contributed by atoms with Crippen LogP contribution in [0.1, 0.15) is 35.2 Å². The summed E-state index contributed by atoms with van der Waals surface area (Å²) in [5.41, 5.74) is 4.62. The molecule has 0 saturated carbocycles. The zero-order valence-corrected chi connectivity index (χ0v) is 16.4. The van der Waals surface area contributed by atoms with Gasteiger partial charge in [0, 0.05) is 17.3 Å². The van der Waals surface area contributed by atoms with Crippen LogP contribution in [0.3, 0.4) is 0 Å². The van der Waals surface area contributed by atoms with Crippen molar-refractivity contribution in [3.8, 4) is 5.88 Å². The molecule has 0 aliphatic heterocycles. The topological polar surface area (TPSA) is 48.2 Å². The Morgan fingerprint density at radius 2 is 1.86 bits per heavy atom. The minimum Gasteiger partial charge on any atom is -0.472 e. The van der Waals surface area contributed by atoms with E-state index in [9.17, 15) is 4.39 Å². The number of fused-ring (bicyclic) bond motifs is 1. The van der Waals surface area contributed by atoms with E-state index in [2.05, 4.69) is 23.0 Å². The average molecular weight is 388 g/mol. The van der Waals surface area contributed by atoms with Crippen LogP contribution in [0.15, 0.2) is 59.0 Å². The molecule has 0 saturated heterocycles. The second-order valence-electron chi connectivity index (χ2n) is 6.73. The largest absolute Gasteiger partial charge is 0.472 e. The molecule has 0 aliphatic carbocycles. The van der Waals surface area contributed by atoms with Gasteiger partial charge in [0.05, 0.1) is 0 Å². The molecule has 0 fully saturated rings. The molecule has 0 bridgehead atoms. The number of oxazole rings is 1. The first-order chi connectivity index (χ1) is 14.1. The number of aromatic nitrogens is 2. The minimum absolute atomic E-state index is 0.156. The highest BCUT2D eigenvalue weighted by Gasteiger charge is 2.11. The number of ether oxygens (including phenoxy) is 1. The summed E-state index contributed by atoms with van der Waals surface area (Å²) in [5, 5.41) is 0. The van der Waals surface area contributed by atoms with Crippen LogP contribution in [-0.2, 0) is 13.0 Å². The van der Waals surface area contributed by atoms with Crippen molar-refractivity contribution < 1.29 is 13.5 Å². The van der Waals surface area contributed by atoms with E-state index < -0.39 is 5.82 Å². The molecule has 0 atom stereocenters. The fourth-order valence-corrected chi connectivity index (χ4v) is 3.13. The molecular weight excluding hydrogens is 367 g/mol. The highest BCUT2D eigenvalue weighted by molar-refractivity contribution is 5.77. The number of rotatable bonds is 6. The summed E-state index contributed by atoms with van der Waals surface area (Å²) in [6, 6.07) is 16.7. The predicted octanol–water partition coefficient (Wildman–Crippen LogP) is 5.98. The van der Waals surface area contributed by atoms with E-state index in [1.54, 1.807) is 18.2 Å². The van der Waals surface area contributed by atoms with Crippen molar-refractivity contribution in [3.63, 3.8) is 0 Å². The lowest BCUT2D eigenvalue weighted by Gasteiger charge is -2.12. The van der Waals surface area contributed by atoms with Crippen LogP contribution < -0.4 is 4.74 Å². The number of pyridine rings is 1. The van der Waals surface area contributed by atoms with Gasteiger partial charge in [-0.2, -0.15) is 0 Å². The molecule has 0 N–H and O–H groups in total. The Kier molecular flexibility index (Phi) is 5.38. The second-order valence-corrected chi connectivity index (χ2v) is 6.73. The van der Waals surface area contributed by atoms with Gasteiger partial charge in [-0.15, -0.1) is 0 Å². The number of hydrogen-bond donors (Lipinski definition) is 0. The third-order valence-corrected chi connectivity index (χ3v) is 4.70. The quantitative estimate of drug-likeness (QED) is 0.407. The van der Waals surface area contributed by atoms with Crippen molar-refractivity contribution in [3.05, 3.63) is 88.7 Å². The number of hydrogen-bond acceptors (Lipinski definition) is 4. The van der Waals surface area contributed by atoms with E-state index in [-0.39, 0.29) is 5.58 Å². The van der Waals surface area contributed by atoms with Gasteiger partial charge in [-0.3, -0.25) is 0 Å². The van der Waals surface area contributed by atoms with E-state index in [0.29, 0.717) is 23.9 Å². The zero-order chi connectivity index (χ0) is 20.2. The SMILES string of the molecule is CCc1cc(/C=C/c2nc3cccc(F)c3o2)c(OCc2ccccc2)nc1C. The molecule has 5 heteroatoms. The van der Waals surface area contributed by atoms with Gasteiger partial charge in [-0.05, 0) is 48.7 Å². The number of nitrogens with zero attached hydrogens (tertiary/aromatic N) is 2. The lowest BCUT2D eigenvalue weighted by atomic mass is 10.1. The monoisotopic (exact) mass is 388 g/mol. The maximum atomic E-state index is 13.8. The maximum Gasteiger partial charge on any atom is 0.221 e. The van der Waals surface area contributed by atoms with E-state index in [1.807, 2.05) is 43.3 Å². The molecule has 4 rings (SSSR count). The van der Waals surface area contributed by atoms with Crippen LogP contribution in [-0.4, -0.2) is 9.97 Å². The second kappa shape index (κ2) is 8.27. The highest BCUT2D eigenvalue weighted by Crippen LogP contribution is 2.25. The van der Waals surface area contributed by atoms with Crippen LogP contribution in [0.25, 0.3) is 23.3 Å². The molecule has 146 valence electrons. The molecule has 0 unspecified atom stereocenters. The third kappa shape index (κ3) is 4.19. The van der Waals surface area contributed by atoms with E-state index in [0.717, 1.165) is 28.8 Å². The lowest BCUT2D eigenvalue weighted by molar-refractivity contribution is 0.292. The summed E-state index contributed by atoms with van der Waals surface area (Å²) in [4.78, 5) is 8.96. The van der Waals surface area contributed by atoms with Crippen molar-refractivity contribution in [2.45, 2.75) is 26.9 Å². The molecule has 0 amide bonds. The molecular formula is C24H21FN2O2. The number of benzene rings is 2. The van der Waals surface area contributed by atoms with Gasteiger partial charge in [0.2, 0.25) is 11.8 Å². The smallest absolute Gasteiger partial charge is 0.221 e. The van der Waals surface area contributed by atoms with Crippen molar-refractivity contribution in [2.75, 3.05) is 0 Å². The molecule has 0 spiro atoms. The van der Waals surface area contributed by atoms with E-state index >= 15 is 0 Å². The Bertz CT molecular complexity index is 1170. The molecule has 4 nitrogen and oxygen atoms in total. The fourth-order valence-electron chi connectivity index (χ4n) is 3.13. The standard InChI is InChI=1S/C24H21FN2O2/c1-3-18-14-19(12-13-22-27-21-11-7-10-20(25)23(21)29-22)24(26-16(18)2)28-15-17-8-5-4-6-9-17/h4-14H,3,15H2,1-2H3/b13-12+. The first-order valence-corrected chi connectivity index (χ1v) is 9.54. The van der Waals surface area contributed by atoms with Crippen LogP contribution in [0.2, 0.25) is 0 Å². The minimum atomic E-state index is -0.424. The number of aryl methyl sites for hydroxylation is 2. The van der Waals surface area contributed by atoms with Crippen LogP contribution in [0.4, 0.5) is 4.39 Å². The summed E-state index contributed by atoms with van der Waals surface area (Å²) < 4.78 is 25.4. The van der Waals surface area contributed by atoms with Gasteiger partial charge >= 0.3 is 0 Å². The number of halogens is 1. The van der Waals surface area contributed by atoms with Crippen molar-refractivity contribution >= 4 is 23.3 Å². The highest BCUT2D eigenvalue weighted by atomic mass is 19.1. The van der Waals surface area contributed by atoms with Gasteiger partial charge in [0.1, 0.15) is 12.1 Å². The summed E-state index contributed by atoms with van der Waals surface area (Å²) in [5.74, 6) is 0.451. The van der Waals surface area contributed by atoms with Gasteiger partial charge in [-0.1, -0.05) is 43.3 Å². The first kappa shape index (κ1) is 18.9. The summed E-state index contributed by atoms with van der Waals surface area (Å²) >= 11 is 0. The maximum absolute atomic E-state index is 13.8. The van der Waals surface area contributed by atoms with Crippen LogP contribution in [0.5, 0.6) is 5.88 Å². The molecule has 2 aromatic carbocycles. The van der Waals surface area contributed by atoms with Gasteiger partial charge in [0.15, 0.2) is 11.4 Å². The predicted molar refractivity (Wildman–Crippen MR) is 112 cm³/mol. The summed E-state index contributed by atoms with van der Waals surface area (Å²) in [7, 11) is 0. The van der Waals surface area contributed by atoms with Gasteiger partial charge in [0.25, 0.3) is 0 Å². The molecule has 0 radical (unpaired) electrons. The summed E-state index contributed by atoms with van der Waals surface area (Å²) in [6.45, 7) is 4.49. The first-order valence-electron chi connectivity index (χ1n) is 9.54. The normalized spacial score (nSPS) is 11.4. The van der Waals surface area contributed by atoms with Crippen LogP contribution >= 0.6 is 0 Å². The van der Waals surface area contributed by atoms with Crippen molar-refractivity contribution in [2.24, 2.45) is 0 Å². The van der Waals surface area contributed by atoms with Gasteiger partial charge in [-0.25, -0.2) is 14.4 Å². The average Bonchev–Trinajstić information content (AvgIpc) is 3.17. The molecule has 0 aliphatic rings. The van der Waals surface area contributed by atoms with Gasteiger partial charge < -0.3 is 9.15 Å². The van der Waals surface area contributed by atoms with E-state index in [1.165, 1.54) is 6.07 Å².